The third-order valence-electron chi connectivity index (χ3n) is 10.7. The molecule has 6 N–H and O–H groups in total. The number of hydrogen-bond donors (Lipinski definition) is 5. The molecule has 60 heavy (non-hydrogen) atoms. The number of fused-ring (bicyclic) bond motifs is 2. The van der Waals surface area contributed by atoms with Gasteiger partial charge in [-0.25, -0.2) is 19.9 Å². The van der Waals surface area contributed by atoms with E-state index < -0.39 is 0 Å². The molecule has 0 spiro atoms. The number of nitriles is 2. The predicted octanol–water partition coefficient (Wildman–Crippen LogP) is 5.60. The maximum absolute atomic E-state index is 12.9. The molecule has 10 rings (SSSR count). The van der Waals surface area contributed by atoms with Crippen LogP contribution in [0, 0.1) is 46.3 Å². The van der Waals surface area contributed by atoms with Crippen LogP contribution in [-0.4, -0.2) is 61.8 Å². The lowest BCUT2D eigenvalue weighted by atomic mass is 10.0. The van der Waals surface area contributed by atoms with Gasteiger partial charge in [-0.1, -0.05) is 0 Å². The lowest BCUT2D eigenvalue weighted by Gasteiger charge is -2.14. The molecule has 0 aliphatic heterocycles. The van der Waals surface area contributed by atoms with Crippen molar-refractivity contribution in [1.82, 2.24) is 50.0 Å². The molecule has 8 aromatic heterocycles. The molecule has 8 heterocycles. The number of amides is 2. The van der Waals surface area contributed by atoms with Crippen LogP contribution >= 0.6 is 0 Å². The van der Waals surface area contributed by atoms with Gasteiger partial charge in [0, 0.05) is 76.4 Å². The van der Waals surface area contributed by atoms with Crippen LogP contribution in [0.4, 0.5) is 23.3 Å². The van der Waals surface area contributed by atoms with Crippen LogP contribution < -0.4 is 21.8 Å². The van der Waals surface area contributed by atoms with E-state index >= 15 is 0 Å². The Hall–Kier alpha value is -8.64. The Morgan fingerprint density at radius 2 is 1.33 bits per heavy atom. The van der Waals surface area contributed by atoms with Crippen molar-refractivity contribution in [2.45, 2.75) is 12.8 Å². The summed E-state index contributed by atoms with van der Waals surface area (Å²) in [7, 11) is 0. The van der Waals surface area contributed by atoms with Gasteiger partial charge >= 0.3 is 0 Å². The normalized spacial score (nSPS) is 17.7. The van der Waals surface area contributed by atoms with Gasteiger partial charge in [0.2, 0.25) is 11.8 Å². The van der Waals surface area contributed by atoms with E-state index in [1.807, 2.05) is 24.3 Å². The topological polar surface area (TPSA) is 268 Å². The molecule has 18 heteroatoms. The summed E-state index contributed by atoms with van der Waals surface area (Å²) in [5, 5.41) is 38.4. The molecule has 2 saturated carbocycles. The van der Waals surface area contributed by atoms with Gasteiger partial charge in [-0.15, -0.1) is 0 Å². The number of hydrogen-bond acceptors (Lipinski definition) is 14. The molecule has 2 fully saturated rings. The maximum atomic E-state index is 12.9. The SMILES string of the molecule is N#C[C@@H]1C[C@H]1C(=O)Nc1cc2cc(-c3cnccc3-c3cnn(Nc4nc(-c5cnccc5-c5cn[nH]c5)cc5cc(NC(=O)[C@H]6C[C@@H]6C#N)ncc45)c3)nc(N)c2cn1. The molecule has 0 radical (unpaired) electrons. The fourth-order valence-electron chi connectivity index (χ4n) is 7.24. The summed E-state index contributed by atoms with van der Waals surface area (Å²) in [6.07, 6.45) is 18.1. The maximum Gasteiger partial charge on any atom is 0.230 e. The minimum atomic E-state index is -0.356. The second-order valence-electron chi connectivity index (χ2n) is 14.6. The minimum Gasteiger partial charge on any atom is -0.383 e. The molecule has 290 valence electrons. The first kappa shape index (κ1) is 35.8. The Balaban J connectivity index is 0.988. The van der Waals surface area contributed by atoms with Crippen molar-refractivity contribution in [3.63, 3.8) is 0 Å². The van der Waals surface area contributed by atoms with Gasteiger partial charge in [0.1, 0.15) is 17.5 Å². The van der Waals surface area contributed by atoms with Gasteiger partial charge in [0.05, 0.1) is 65.8 Å². The molecule has 2 aliphatic rings. The van der Waals surface area contributed by atoms with Crippen molar-refractivity contribution in [2.24, 2.45) is 23.7 Å². The quantitative estimate of drug-likeness (QED) is 0.113. The number of aromatic nitrogens is 10. The van der Waals surface area contributed by atoms with Crippen molar-refractivity contribution in [1.29, 1.82) is 10.5 Å². The van der Waals surface area contributed by atoms with E-state index in [1.54, 1.807) is 74.1 Å². The van der Waals surface area contributed by atoms with Crippen LogP contribution in [0.1, 0.15) is 12.8 Å². The number of nitrogen functional groups attached to an aromatic ring is 1. The predicted molar refractivity (Wildman–Crippen MR) is 219 cm³/mol. The van der Waals surface area contributed by atoms with Gasteiger partial charge in [-0.05, 0) is 71.1 Å². The van der Waals surface area contributed by atoms with Crippen LogP contribution in [0.15, 0.2) is 98.4 Å². The summed E-state index contributed by atoms with van der Waals surface area (Å²) in [6.45, 7) is 0. The van der Waals surface area contributed by atoms with E-state index in [0.717, 1.165) is 33.2 Å². The highest BCUT2D eigenvalue weighted by Crippen LogP contribution is 2.40. The van der Waals surface area contributed by atoms with E-state index in [9.17, 15) is 14.9 Å². The summed E-state index contributed by atoms with van der Waals surface area (Å²) >= 11 is 0. The molecule has 2 aliphatic carbocycles. The second-order valence-corrected chi connectivity index (χ2v) is 14.6. The first-order valence-electron chi connectivity index (χ1n) is 18.8. The largest absolute Gasteiger partial charge is 0.383 e. The second kappa shape index (κ2) is 14.4. The number of nitrogens with one attached hydrogen (secondary N) is 4. The number of anilines is 4. The molecular formula is C42H30N16O2. The standard InChI is InChI=1S/C42H30N16O2/c43-11-23-5-29(23)41(59)55-37-9-21-7-35(53-39(45)31(21)18-48-37)34-17-47-4-2-28(34)26-15-52-58(20-26)57-40-32-19-49-38(56-42(60)30-6-24(30)12-44)10-22(32)8-36(54-40)33-16-46-3-1-27(33)25-13-50-51-14-25/h1-4,7-10,13-20,23-24,29-30H,5-6H2,(H2,45,53)(H,50,51)(H,54,57)(H,48,55,59)(H,49,56,60)/t23-,24+,29+,30-/m0/s1. The lowest BCUT2D eigenvalue weighted by Crippen LogP contribution is -2.15. The van der Waals surface area contributed by atoms with Gasteiger partial charge in [-0.2, -0.15) is 25.5 Å². The third-order valence-corrected chi connectivity index (χ3v) is 10.7. The number of nitrogens with two attached hydrogens (primary N) is 1. The van der Waals surface area contributed by atoms with Crippen molar-refractivity contribution in [2.75, 3.05) is 21.8 Å². The number of H-pyrrole nitrogens is 1. The zero-order valence-electron chi connectivity index (χ0n) is 31.3. The number of pyridine rings is 6. The molecule has 0 aromatic carbocycles. The summed E-state index contributed by atoms with van der Waals surface area (Å²) in [6, 6.07) is 15.3. The molecule has 0 saturated heterocycles. The molecule has 2 amide bonds. The highest BCUT2D eigenvalue weighted by molar-refractivity contribution is 6.01. The lowest BCUT2D eigenvalue weighted by molar-refractivity contribution is -0.118. The average Bonchev–Trinajstić information content (AvgIpc) is 4.12. The van der Waals surface area contributed by atoms with E-state index in [0.29, 0.717) is 63.4 Å². The Morgan fingerprint density at radius 3 is 1.93 bits per heavy atom. The van der Waals surface area contributed by atoms with Crippen molar-refractivity contribution < 1.29 is 9.59 Å². The van der Waals surface area contributed by atoms with Gasteiger partial charge in [0.25, 0.3) is 0 Å². The molecule has 0 unspecified atom stereocenters. The Bertz CT molecular complexity index is 3110. The minimum absolute atomic E-state index is 0.240. The first-order valence-corrected chi connectivity index (χ1v) is 18.8. The third kappa shape index (κ3) is 6.69. The summed E-state index contributed by atoms with van der Waals surface area (Å²) in [5.74, 6) is -0.359. The van der Waals surface area contributed by atoms with Crippen LogP contribution in [0.25, 0.3) is 66.3 Å². The van der Waals surface area contributed by atoms with Crippen molar-refractivity contribution in [3.8, 4) is 56.9 Å². The van der Waals surface area contributed by atoms with Crippen LogP contribution in [-0.2, 0) is 9.59 Å². The van der Waals surface area contributed by atoms with Crippen LogP contribution in [0.3, 0.4) is 0 Å². The smallest absolute Gasteiger partial charge is 0.230 e. The number of aromatic amines is 1. The van der Waals surface area contributed by atoms with E-state index in [-0.39, 0.29) is 41.3 Å². The molecule has 4 atom stereocenters. The van der Waals surface area contributed by atoms with Crippen LogP contribution in [0.2, 0.25) is 0 Å². The number of carbonyl (C=O) groups excluding carboxylic acids is 2. The van der Waals surface area contributed by atoms with Gasteiger partial charge in [0.15, 0.2) is 5.82 Å². The molecular weight excluding hydrogens is 761 g/mol. The summed E-state index contributed by atoms with van der Waals surface area (Å²) in [5.41, 5.74) is 15.5. The van der Waals surface area contributed by atoms with Crippen molar-refractivity contribution >= 4 is 56.6 Å². The molecule has 18 nitrogen and oxygen atoms in total. The highest BCUT2D eigenvalue weighted by atomic mass is 16.2. The number of carbonyl (C=O) groups is 2. The fraction of sp³-hybridized carbons (Fsp3) is 0.143. The zero-order valence-corrected chi connectivity index (χ0v) is 31.3. The molecule has 0 bridgehead atoms. The van der Waals surface area contributed by atoms with Crippen LogP contribution in [0.5, 0.6) is 0 Å². The van der Waals surface area contributed by atoms with Gasteiger partial charge in [-0.3, -0.25) is 30.1 Å². The Kier molecular flexibility index (Phi) is 8.57. The number of rotatable bonds is 10. The fourth-order valence-corrected chi connectivity index (χ4v) is 7.24. The highest BCUT2D eigenvalue weighted by Gasteiger charge is 2.44. The van der Waals surface area contributed by atoms with E-state index in [2.05, 4.69) is 68.4 Å². The summed E-state index contributed by atoms with van der Waals surface area (Å²) < 4.78 is 0. The number of nitrogens with zero attached hydrogens (tertiary/aromatic N) is 11. The van der Waals surface area contributed by atoms with E-state index in [4.69, 9.17) is 16.0 Å². The first-order chi connectivity index (χ1) is 29.3. The van der Waals surface area contributed by atoms with E-state index in [1.165, 1.54) is 4.79 Å². The monoisotopic (exact) mass is 790 g/mol. The average molecular weight is 791 g/mol. The van der Waals surface area contributed by atoms with Crippen molar-refractivity contribution in [3.05, 3.63) is 98.4 Å². The van der Waals surface area contributed by atoms with Gasteiger partial charge < -0.3 is 16.4 Å². The summed E-state index contributed by atoms with van der Waals surface area (Å²) in [4.78, 5) is 54.4. The Labute approximate surface area is 339 Å². The molecule has 8 aromatic rings. The Morgan fingerprint density at radius 1 is 0.733 bits per heavy atom. The zero-order chi connectivity index (χ0) is 40.9.